The van der Waals surface area contributed by atoms with Crippen LogP contribution < -0.4 is 5.73 Å². The van der Waals surface area contributed by atoms with Gasteiger partial charge in [0.05, 0.1) is 12.5 Å². The Kier molecular flexibility index (Phi) is 5.00. The van der Waals surface area contributed by atoms with Crippen LogP contribution in [-0.4, -0.2) is 5.11 Å². The van der Waals surface area contributed by atoms with Crippen LogP contribution in [-0.2, 0) is 0 Å². The van der Waals surface area contributed by atoms with Crippen LogP contribution in [0.1, 0.15) is 23.6 Å². The van der Waals surface area contributed by atoms with E-state index in [1.165, 1.54) is 0 Å². The number of nitrogens with zero attached hydrogens (tertiary/aromatic N) is 1. The highest BCUT2D eigenvalue weighted by atomic mass is 35.5. The summed E-state index contributed by atoms with van der Waals surface area (Å²) in [6.45, 7) is 1.92. The van der Waals surface area contributed by atoms with E-state index in [0.29, 0.717) is 5.56 Å². The number of aryl methyl sites for hydroxylation is 1. The summed E-state index contributed by atoms with van der Waals surface area (Å²) in [6.07, 6.45) is 0.219. The quantitative estimate of drug-likeness (QED) is 0.788. The lowest BCUT2D eigenvalue weighted by Crippen LogP contribution is -2.09. The van der Waals surface area contributed by atoms with Gasteiger partial charge in [0.2, 0.25) is 0 Å². The van der Waals surface area contributed by atoms with Crippen molar-refractivity contribution in [3.8, 4) is 11.8 Å². The van der Waals surface area contributed by atoms with Crippen LogP contribution in [0.2, 0.25) is 0 Å². The van der Waals surface area contributed by atoms with Crippen molar-refractivity contribution in [2.45, 2.75) is 19.4 Å². The van der Waals surface area contributed by atoms with E-state index in [9.17, 15) is 5.11 Å². The molecular formula is C10H13ClN2O. The molecule has 0 fully saturated rings. The standard InChI is InChI=1S/C10H12N2O.ClH/c1-7-2-3-10(13)8(6-7)9(12)4-5-11;/h2-3,6,9,13H,4,12H2,1H3;1H/t9-;/m0./s1. The molecule has 4 heteroatoms. The first-order valence-electron chi connectivity index (χ1n) is 4.07. The fraction of sp³-hybridized carbons (Fsp3) is 0.300. The maximum atomic E-state index is 9.44. The molecule has 0 saturated carbocycles. The number of hydrogen-bond donors (Lipinski definition) is 2. The highest BCUT2D eigenvalue weighted by molar-refractivity contribution is 5.85. The Bertz CT molecular complexity index is 346. The lowest BCUT2D eigenvalue weighted by Gasteiger charge is -2.10. The van der Waals surface area contributed by atoms with Crippen molar-refractivity contribution in [1.29, 1.82) is 5.26 Å². The molecule has 3 nitrogen and oxygen atoms in total. The third kappa shape index (κ3) is 2.91. The van der Waals surface area contributed by atoms with Crippen molar-refractivity contribution < 1.29 is 5.11 Å². The Balaban J connectivity index is 0.00000169. The average molecular weight is 213 g/mol. The largest absolute Gasteiger partial charge is 0.508 e. The van der Waals surface area contributed by atoms with Gasteiger partial charge in [0.15, 0.2) is 0 Å². The van der Waals surface area contributed by atoms with E-state index in [2.05, 4.69) is 0 Å². The number of benzene rings is 1. The second-order valence-corrected chi connectivity index (χ2v) is 3.03. The number of halogens is 1. The predicted molar refractivity (Wildman–Crippen MR) is 57.3 cm³/mol. The minimum Gasteiger partial charge on any atom is -0.508 e. The molecule has 0 bridgehead atoms. The SMILES string of the molecule is Cc1ccc(O)c([C@@H](N)CC#N)c1.Cl. The highest BCUT2D eigenvalue weighted by Crippen LogP contribution is 2.25. The first-order chi connectivity index (χ1) is 6.15. The molecule has 0 unspecified atom stereocenters. The van der Waals surface area contributed by atoms with Gasteiger partial charge in [0, 0.05) is 11.6 Å². The smallest absolute Gasteiger partial charge is 0.120 e. The third-order valence-electron chi connectivity index (χ3n) is 1.89. The van der Waals surface area contributed by atoms with Crippen molar-refractivity contribution in [3.05, 3.63) is 29.3 Å². The summed E-state index contributed by atoms with van der Waals surface area (Å²) in [6, 6.07) is 6.78. The molecule has 14 heavy (non-hydrogen) atoms. The van der Waals surface area contributed by atoms with Gasteiger partial charge < -0.3 is 10.8 Å². The molecule has 0 aliphatic carbocycles. The summed E-state index contributed by atoms with van der Waals surface area (Å²) >= 11 is 0. The summed E-state index contributed by atoms with van der Waals surface area (Å²) in [5.74, 6) is 0.161. The number of rotatable bonds is 2. The van der Waals surface area contributed by atoms with Crippen LogP contribution in [0.15, 0.2) is 18.2 Å². The topological polar surface area (TPSA) is 70.0 Å². The molecular weight excluding hydrogens is 200 g/mol. The second kappa shape index (κ2) is 5.48. The zero-order chi connectivity index (χ0) is 9.84. The van der Waals surface area contributed by atoms with Gasteiger partial charge in [0.25, 0.3) is 0 Å². The van der Waals surface area contributed by atoms with Crippen LogP contribution >= 0.6 is 12.4 Å². The van der Waals surface area contributed by atoms with Crippen molar-refractivity contribution in [2.24, 2.45) is 5.73 Å². The fourth-order valence-electron chi connectivity index (χ4n) is 1.18. The monoisotopic (exact) mass is 212 g/mol. The Hall–Kier alpha value is -1.24. The van der Waals surface area contributed by atoms with Gasteiger partial charge in [-0.2, -0.15) is 5.26 Å². The maximum Gasteiger partial charge on any atom is 0.120 e. The Morgan fingerprint density at radius 2 is 2.21 bits per heavy atom. The van der Waals surface area contributed by atoms with Gasteiger partial charge >= 0.3 is 0 Å². The van der Waals surface area contributed by atoms with Crippen LogP contribution in [0.25, 0.3) is 0 Å². The summed E-state index contributed by atoms with van der Waals surface area (Å²) in [4.78, 5) is 0. The Morgan fingerprint density at radius 1 is 1.57 bits per heavy atom. The van der Waals surface area contributed by atoms with E-state index in [1.54, 1.807) is 18.2 Å². The zero-order valence-electron chi connectivity index (χ0n) is 7.90. The zero-order valence-corrected chi connectivity index (χ0v) is 8.71. The normalized spacial score (nSPS) is 11.2. The first kappa shape index (κ1) is 12.8. The molecule has 0 aliphatic rings. The lowest BCUT2D eigenvalue weighted by molar-refractivity contribution is 0.461. The van der Waals surface area contributed by atoms with E-state index < -0.39 is 6.04 Å². The number of nitriles is 1. The molecule has 1 aromatic rings. The molecule has 76 valence electrons. The number of aromatic hydroxyl groups is 1. The summed E-state index contributed by atoms with van der Waals surface area (Å²) < 4.78 is 0. The molecule has 0 heterocycles. The van der Waals surface area contributed by atoms with Crippen LogP contribution in [0, 0.1) is 18.3 Å². The number of nitrogens with two attached hydrogens (primary N) is 1. The molecule has 1 rings (SSSR count). The molecule has 0 saturated heterocycles. The van der Waals surface area contributed by atoms with Gasteiger partial charge in [-0.25, -0.2) is 0 Å². The van der Waals surface area contributed by atoms with Crippen LogP contribution in [0.5, 0.6) is 5.75 Å². The second-order valence-electron chi connectivity index (χ2n) is 3.03. The third-order valence-corrected chi connectivity index (χ3v) is 1.89. The average Bonchev–Trinajstić information content (AvgIpc) is 2.09. The van der Waals surface area contributed by atoms with E-state index in [4.69, 9.17) is 11.0 Å². The molecule has 0 aliphatic heterocycles. The van der Waals surface area contributed by atoms with E-state index >= 15 is 0 Å². The van der Waals surface area contributed by atoms with Crippen LogP contribution in [0.3, 0.4) is 0 Å². The van der Waals surface area contributed by atoms with Gasteiger partial charge in [0.1, 0.15) is 5.75 Å². The molecule has 1 atom stereocenters. The summed E-state index contributed by atoms with van der Waals surface area (Å²) in [7, 11) is 0. The molecule has 0 aromatic heterocycles. The van der Waals surface area contributed by atoms with Gasteiger partial charge in [-0.05, 0) is 13.0 Å². The first-order valence-corrected chi connectivity index (χ1v) is 4.07. The summed E-state index contributed by atoms with van der Waals surface area (Å²) in [5, 5.41) is 17.9. The van der Waals surface area contributed by atoms with Gasteiger partial charge in [-0.3, -0.25) is 0 Å². The van der Waals surface area contributed by atoms with Crippen molar-refractivity contribution in [1.82, 2.24) is 0 Å². The van der Waals surface area contributed by atoms with Gasteiger partial charge in [-0.15, -0.1) is 12.4 Å². The minimum atomic E-state index is -0.398. The van der Waals surface area contributed by atoms with E-state index in [0.717, 1.165) is 5.56 Å². The summed E-state index contributed by atoms with van der Waals surface area (Å²) in [5.41, 5.74) is 7.36. The molecule has 1 aromatic carbocycles. The van der Waals surface area contributed by atoms with Crippen molar-refractivity contribution in [3.63, 3.8) is 0 Å². The number of phenols is 1. The van der Waals surface area contributed by atoms with Crippen molar-refractivity contribution >= 4 is 12.4 Å². The maximum absolute atomic E-state index is 9.44. The fourth-order valence-corrected chi connectivity index (χ4v) is 1.18. The Labute approximate surface area is 89.6 Å². The molecule has 0 radical (unpaired) electrons. The highest BCUT2D eigenvalue weighted by Gasteiger charge is 2.09. The number of phenolic OH excluding ortho intramolecular Hbond substituents is 1. The van der Waals surface area contributed by atoms with Crippen molar-refractivity contribution in [2.75, 3.05) is 0 Å². The molecule has 3 N–H and O–H groups in total. The minimum absolute atomic E-state index is 0. The van der Waals surface area contributed by atoms with Gasteiger partial charge in [-0.1, -0.05) is 17.7 Å². The van der Waals surface area contributed by atoms with E-state index in [1.807, 2.05) is 13.0 Å². The molecule has 0 spiro atoms. The van der Waals surface area contributed by atoms with Crippen LogP contribution in [0.4, 0.5) is 0 Å². The number of hydrogen-bond acceptors (Lipinski definition) is 3. The predicted octanol–water partition coefficient (Wildman–Crippen LogP) is 2.04. The lowest BCUT2D eigenvalue weighted by atomic mass is 10.0. The van der Waals surface area contributed by atoms with E-state index in [-0.39, 0.29) is 24.6 Å². The molecule has 0 amide bonds. The Morgan fingerprint density at radius 3 is 2.79 bits per heavy atom.